The molecule has 5 heteroatoms. The van der Waals surface area contributed by atoms with E-state index >= 15 is 0 Å². The first-order valence-electron chi connectivity index (χ1n) is 15.9. The highest BCUT2D eigenvalue weighted by Gasteiger charge is 2.71. The first-order valence-corrected chi connectivity index (χ1v) is 15.9. The summed E-state index contributed by atoms with van der Waals surface area (Å²) in [5.41, 5.74) is 0.285. The summed E-state index contributed by atoms with van der Waals surface area (Å²) in [6, 6.07) is 0. The Balaban J connectivity index is 1.50. The Morgan fingerprint density at radius 2 is 1.41 bits per heavy atom. The van der Waals surface area contributed by atoms with E-state index in [0.29, 0.717) is 24.4 Å². The van der Waals surface area contributed by atoms with Crippen LogP contribution in [-0.2, 0) is 19.1 Å². The zero-order chi connectivity index (χ0) is 28.8. The predicted octanol–water partition coefficient (Wildman–Crippen LogP) is 7.33. The van der Waals surface area contributed by atoms with Gasteiger partial charge in [-0.1, -0.05) is 48.5 Å². The van der Waals surface area contributed by atoms with E-state index < -0.39 is 0 Å². The fraction of sp³-hybridized carbons (Fsp3) is 0.941. The van der Waals surface area contributed by atoms with Crippen LogP contribution in [0.1, 0.15) is 127 Å². The van der Waals surface area contributed by atoms with Gasteiger partial charge in [0.15, 0.2) is 0 Å². The molecule has 1 N–H and O–H groups in total. The first-order chi connectivity index (χ1) is 17.9. The fourth-order valence-corrected chi connectivity index (χ4v) is 12.0. The Kier molecular flexibility index (Phi) is 6.93. The molecule has 5 saturated carbocycles. The molecule has 5 aliphatic carbocycles. The summed E-state index contributed by atoms with van der Waals surface area (Å²) in [6.07, 6.45) is 10.6. The lowest BCUT2D eigenvalue weighted by Gasteiger charge is -2.74. The lowest BCUT2D eigenvalue weighted by Crippen LogP contribution is -2.69. The molecule has 0 heterocycles. The summed E-state index contributed by atoms with van der Waals surface area (Å²) < 4.78 is 11.7. The summed E-state index contributed by atoms with van der Waals surface area (Å²) in [5.74, 6) is 1.40. The Labute approximate surface area is 237 Å². The monoisotopic (exact) mass is 544 g/mol. The van der Waals surface area contributed by atoms with Crippen LogP contribution in [-0.4, -0.2) is 35.9 Å². The van der Waals surface area contributed by atoms with Gasteiger partial charge in [-0.05, 0) is 110 Å². The molecule has 0 aromatic carbocycles. The van der Waals surface area contributed by atoms with Gasteiger partial charge < -0.3 is 14.6 Å². The van der Waals surface area contributed by atoms with E-state index in [1.807, 2.05) is 0 Å². The minimum atomic E-state index is -0.378. The van der Waals surface area contributed by atoms with Gasteiger partial charge >= 0.3 is 11.9 Å². The van der Waals surface area contributed by atoms with Crippen molar-refractivity contribution in [2.24, 2.45) is 56.2 Å². The lowest BCUT2D eigenvalue weighted by molar-refractivity contribution is -0.273. The minimum absolute atomic E-state index is 0.000507. The van der Waals surface area contributed by atoms with Crippen molar-refractivity contribution in [2.75, 3.05) is 6.61 Å². The van der Waals surface area contributed by atoms with Crippen molar-refractivity contribution in [1.29, 1.82) is 0 Å². The standard InChI is InChI=1S/C34H56O5/c1-21(35)38-20-34-18-16-29(3,4)28(37)27(34)23-10-11-25-31(7)14-13-26(39-22(2)36)30(5,6)24(31)12-15-33(25,9)32(23,8)17-19-34/h23-28,37H,10-20H2,1-9H3/t23-,24+,25-,26+,27+,28-,31+,32-,33-,34-/m1/s1. The van der Waals surface area contributed by atoms with E-state index in [-0.39, 0.29) is 62.6 Å². The average molecular weight is 545 g/mol. The number of ether oxygens (including phenoxy) is 2. The molecule has 0 aromatic heterocycles. The minimum Gasteiger partial charge on any atom is -0.465 e. The van der Waals surface area contributed by atoms with Crippen LogP contribution in [0.3, 0.4) is 0 Å². The van der Waals surface area contributed by atoms with Crippen LogP contribution >= 0.6 is 0 Å². The number of carbonyl (C=O) groups is 2. The largest absolute Gasteiger partial charge is 0.465 e. The Hall–Kier alpha value is -1.10. The Bertz CT molecular complexity index is 1000. The highest BCUT2D eigenvalue weighted by molar-refractivity contribution is 5.66. The lowest BCUT2D eigenvalue weighted by atomic mass is 9.31. The van der Waals surface area contributed by atoms with E-state index in [1.165, 1.54) is 26.2 Å². The fourth-order valence-electron chi connectivity index (χ4n) is 12.0. The van der Waals surface area contributed by atoms with Crippen molar-refractivity contribution in [1.82, 2.24) is 0 Å². The second-order valence-electron chi connectivity index (χ2n) is 16.7. The Morgan fingerprint density at radius 1 is 0.744 bits per heavy atom. The number of fused-ring (bicyclic) bond motifs is 7. The highest BCUT2D eigenvalue weighted by atomic mass is 16.5. The third-order valence-electron chi connectivity index (χ3n) is 14.4. The van der Waals surface area contributed by atoms with Crippen LogP contribution < -0.4 is 0 Å². The molecule has 5 nitrogen and oxygen atoms in total. The van der Waals surface area contributed by atoms with Crippen LogP contribution in [0, 0.1) is 56.2 Å². The molecule has 5 rings (SSSR count). The first kappa shape index (κ1) is 29.4. The summed E-state index contributed by atoms with van der Waals surface area (Å²) in [5, 5.41) is 12.0. The number of carbonyl (C=O) groups excluding carboxylic acids is 2. The van der Waals surface area contributed by atoms with E-state index in [2.05, 4.69) is 48.5 Å². The Morgan fingerprint density at radius 3 is 2.05 bits per heavy atom. The second-order valence-corrected chi connectivity index (χ2v) is 16.7. The zero-order valence-corrected chi connectivity index (χ0v) is 26.3. The van der Waals surface area contributed by atoms with Gasteiger partial charge in [-0.25, -0.2) is 0 Å². The quantitative estimate of drug-likeness (QED) is 0.377. The molecule has 39 heavy (non-hydrogen) atoms. The number of rotatable bonds is 3. The van der Waals surface area contributed by atoms with Crippen LogP contribution in [0.2, 0.25) is 0 Å². The number of aliphatic hydroxyl groups is 1. The molecule has 0 saturated heterocycles. The van der Waals surface area contributed by atoms with Crippen molar-refractivity contribution >= 4 is 11.9 Å². The van der Waals surface area contributed by atoms with Gasteiger partial charge in [-0.2, -0.15) is 0 Å². The van der Waals surface area contributed by atoms with Gasteiger partial charge in [-0.15, -0.1) is 0 Å². The molecule has 5 fully saturated rings. The molecular formula is C34H56O5. The van der Waals surface area contributed by atoms with E-state index in [4.69, 9.17) is 9.47 Å². The number of hydrogen-bond donors (Lipinski definition) is 1. The zero-order valence-electron chi connectivity index (χ0n) is 26.3. The van der Waals surface area contributed by atoms with Gasteiger partial charge in [0.1, 0.15) is 6.10 Å². The van der Waals surface area contributed by atoms with Gasteiger partial charge in [0.25, 0.3) is 0 Å². The molecule has 0 amide bonds. The SMILES string of the molecule is CC(=O)OC[C@]12CCC(C)(C)[C@H](O)[C@@H]1[C@H]1CC[C@@H]3[C@@]4(C)CC[C@H](OC(C)=O)C(C)(C)[C@@H]4CC[C@@]3(C)[C@]1(C)CC2. The van der Waals surface area contributed by atoms with Crippen LogP contribution in [0.15, 0.2) is 0 Å². The molecule has 0 radical (unpaired) electrons. The summed E-state index contributed by atoms with van der Waals surface area (Å²) in [6.45, 7) is 20.5. The number of hydrogen-bond acceptors (Lipinski definition) is 5. The second kappa shape index (κ2) is 9.20. The highest BCUT2D eigenvalue weighted by Crippen LogP contribution is 2.77. The normalized spacial score (nSPS) is 49.9. The molecule has 0 aromatic rings. The van der Waals surface area contributed by atoms with Gasteiger partial charge in [0, 0.05) is 24.7 Å². The molecule has 222 valence electrons. The number of esters is 2. The topological polar surface area (TPSA) is 72.8 Å². The maximum atomic E-state index is 12.0. The van der Waals surface area contributed by atoms with E-state index in [9.17, 15) is 14.7 Å². The van der Waals surface area contributed by atoms with Crippen molar-refractivity contribution in [3.63, 3.8) is 0 Å². The molecule has 0 spiro atoms. The van der Waals surface area contributed by atoms with Gasteiger partial charge in [-0.3, -0.25) is 9.59 Å². The third-order valence-corrected chi connectivity index (χ3v) is 14.4. The van der Waals surface area contributed by atoms with Crippen molar-refractivity contribution < 1.29 is 24.2 Å². The van der Waals surface area contributed by atoms with E-state index in [1.54, 1.807) is 6.92 Å². The summed E-state index contributed by atoms with van der Waals surface area (Å²) in [4.78, 5) is 23.9. The molecule has 5 aliphatic rings. The van der Waals surface area contributed by atoms with Crippen molar-refractivity contribution in [2.45, 2.75) is 139 Å². The van der Waals surface area contributed by atoms with Gasteiger partial charge in [0.05, 0.1) is 12.7 Å². The smallest absolute Gasteiger partial charge is 0.302 e. The molecule has 10 atom stereocenters. The average Bonchev–Trinajstić information content (AvgIpc) is 2.83. The van der Waals surface area contributed by atoms with Crippen molar-refractivity contribution in [3.8, 4) is 0 Å². The molecule has 0 bridgehead atoms. The maximum Gasteiger partial charge on any atom is 0.302 e. The van der Waals surface area contributed by atoms with E-state index in [0.717, 1.165) is 44.9 Å². The van der Waals surface area contributed by atoms with Crippen LogP contribution in [0.25, 0.3) is 0 Å². The van der Waals surface area contributed by atoms with Gasteiger partial charge in [0.2, 0.25) is 0 Å². The summed E-state index contributed by atoms with van der Waals surface area (Å²) >= 11 is 0. The van der Waals surface area contributed by atoms with Crippen LogP contribution in [0.4, 0.5) is 0 Å². The molecular weight excluding hydrogens is 488 g/mol. The predicted molar refractivity (Wildman–Crippen MR) is 153 cm³/mol. The maximum absolute atomic E-state index is 12.0. The molecule has 0 unspecified atom stereocenters. The van der Waals surface area contributed by atoms with Crippen molar-refractivity contribution in [3.05, 3.63) is 0 Å². The number of aliphatic hydroxyl groups excluding tert-OH is 1. The van der Waals surface area contributed by atoms with Crippen LogP contribution in [0.5, 0.6) is 0 Å². The molecule has 0 aliphatic heterocycles. The third kappa shape index (κ3) is 4.08. The summed E-state index contributed by atoms with van der Waals surface area (Å²) in [7, 11) is 0.